The number of fused-ring (bicyclic) bond motifs is 7. The van der Waals surface area contributed by atoms with E-state index in [1.165, 1.54) is 14.2 Å². The molecule has 7 atom stereocenters. The van der Waals surface area contributed by atoms with Crippen LogP contribution in [0.3, 0.4) is 0 Å². The van der Waals surface area contributed by atoms with Crippen LogP contribution < -0.4 is 20.5 Å². The van der Waals surface area contributed by atoms with Gasteiger partial charge in [0.05, 0.1) is 32.3 Å². The lowest BCUT2D eigenvalue weighted by Gasteiger charge is -2.60. The molecule has 0 radical (unpaired) electrons. The molecule has 2 bridgehead atoms. The molecule has 2 unspecified atom stereocenters. The summed E-state index contributed by atoms with van der Waals surface area (Å²) < 4.78 is 11.0. The van der Waals surface area contributed by atoms with E-state index in [4.69, 9.17) is 15.2 Å². The average Bonchev–Trinajstić information content (AvgIpc) is 2.88. The SMILES string of the molecule is COc1c(C)cc2c(c1O)[C@@H]1C3Cc4c(O)c(C)c(OC)c(O)c4[C@H](CNC(O)[C@H](C)N)N3[C@@H](O)[C@H](C2)N1C. The first kappa shape index (κ1) is 27.8. The molecule has 3 heterocycles. The number of nitrogens with two attached hydrogens (primary N) is 1. The maximum absolute atomic E-state index is 11.9. The number of aliphatic hydroxyl groups is 2. The Morgan fingerprint density at radius 2 is 1.67 bits per heavy atom. The Labute approximate surface area is 228 Å². The summed E-state index contributed by atoms with van der Waals surface area (Å²) in [5, 5.41) is 59.5. The van der Waals surface area contributed by atoms with Gasteiger partial charge in [-0.2, -0.15) is 0 Å². The second-order valence-electron chi connectivity index (χ2n) is 11.1. The van der Waals surface area contributed by atoms with Crippen LogP contribution in [-0.4, -0.2) is 93.7 Å². The summed E-state index contributed by atoms with van der Waals surface area (Å²) in [5.41, 5.74) is 9.78. The first-order valence-electron chi connectivity index (χ1n) is 13.3. The maximum Gasteiger partial charge on any atom is 0.167 e. The van der Waals surface area contributed by atoms with Crippen LogP contribution in [0.2, 0.25) is 0 Å². The quantitative estimate of drug-likeness (QED) is 0.204. The molecule has 3 aliphatic heterocycles. The number of nitrogens with zero attached hydrogens (tertiary/aromatic N) is 2. The molecule has 0 aliphatic carbocycles. The monoisotopic (exact) mass is 544 g/mol. The minimum Gasteiger partial charge on any atom is -0.507 e. The number of nitrogens with one attached hydrogen (secondary N) is 1. The second-order valence-corrected chi connectivity index (χ2v) is 11.1. The van der Waals surface area contributed by atoms with Crippen molar-refractivity contribution in [2.24, 2.45) is 5.73 Å². The van der Waals surface area contributed by atoms with Crippen LogP contribution in [0, 0.1) is 13.8 Å². The third-order valence-electron chi connectivity index (χ3n) is 8.96. The summed E-state index contributed by atoms with van der Waals surface area (Å²) in [4.78, 5) is 4.02. The van der Waals surface area contributed by atoms with Crippen LogP contribution in [0.5, 0.6) is 28.7 Å². The number of aryl methyl sites for hydroxylation is 1. The highest BCUT2D eigenvalue weighted by Crippen LogP contribution is 2.56. The number of ether oxygens (including phenoxy) is 2. The first-order valence-corrected chi connectivity index (χ1v) is 13.3. The molecule has 39 heavy (non-hydrogen) atoms. The number of methoxy groups -OCH3 is 2. The summed E-state index contributed by atoms with van der Waals surface area (Å²) in [6.45, 7) is 5.37. The Morgan fingerprint density at radius 1 is 1.03 bits per heavy atom. The van der Waals surface area contributed by atoms with Gasteiger partial charge in [-0.15, -0.1) is 0 Å². The Kier molecular flexibility index (Phi) is 7.11. The first-order chi connectivity index (χ1) is 18.4. The van der Waals surface area contributed by atoms with Crippen molar-refractivity contribution in [1.29, 1.82) is 0 Å². The van der Waals surface area contributed by atoms with E-state index in [2.05, 4.69) is 10.2 Å². The van der Waals surface area contributed by atoms with E-state index < -0.39 is 30.6 Å². The van der Waals surface area contributed by atoms with Gasteiger partial charge < -0.3 is 40.7 Å². The molecule has 1 saturated heterocycles. The van der Waals surface area contributed by atoms with Gasteiger partial charge in [0.2, 0.25) is 0 Å². The van der Waals surface area contributed by atoms with Crippen LogP contribution in [0.15, 0.2) is 6.07 Å². The highest BCUT2D eigenvalue weighted by molar-refractivity contribution is 5.64. The average molecular weight is 545 g/mol. The second kappa shape index (κ2) is 9.99. The van der Waals surface area contributed by atoms with Gasteiger partial charge in [-0.3, -0.25) is 15.1 Å². The smallest absolute Gasteiger partial charge is 0.167 e. The molecule has 11 heteroatoms. The fourth-order valence-corrected chi connectivity index (χ4v) is 7.08. The molecule has 214 valence electrons. The fourth-order valence-electron chi connectivity index (χ4n) is 7.08. The molecule has 3 aliphatic rings. The third-order valence-corrected chi connectivity index (χ3v) is 8.96. The van der Waals surface area contributed by atoms with Crippen LogP contribution in [0.25, 0.3) is 0 Å². The molecule has 8 N–H and O–H groups in total. The molecule has 2 aromatic rings. The summed E-state index contributed by atoms with van der Waals surface area (Å²) in [7, 11) is 4.89. The minimum absolute atomic E-state index is 0.0121. The van der Waals surface area contributed by atoms with Crippen molar-refractivity contribution in [1.82, 2.24) is 15.1 Å². The number of piperazine rings is 1. The Hall–Kier alpha value is -2.80. The van der Waals surface area contributed by atoms with E-state index in [0.29, 0.717) is 35.3 Å². The number of benzene rings is 2. The predicted molar refractivity (Wildman–Crippen MR) is 144 cm³/mol. The lowest BCUT2D eigenvalue weighted by molar-refractivity contribution is -0.172. The van der Waals surface area contributed by atoms with E-state index in [1.54, 1.807) is 13.8 Å². The van der Waals surface area contributed by atoms with Crippen molar-refractivity contribution in [2.45, 2.75) is 76.3 Å². The van der Waals surface area contributed by atoms with E-state index in [0.717, 1.165) is 16.7 Å². The van der Waals surface area contributed by atoms with Gasteiger partial charge >= 0.3 is 0 Å². The fraction of sp³-hybridized carbons (Fsp3) is 0.571. The molecule has 5 rings (SSSR count). The molecule has 0 aromatic heterocycles. The summed E-state index contributed by atoms with van der Waals surface area (Å²) >= 11 is 0. The van der Waals surface area contributed by atoms with Gasteiger partial charge in [-0.05, 0) is 51.8 Å². The molecule has 11 nitrogen and oxygen atoms in total. The maximum atomic E-state index is 11.9. The van der Waals surface area contributed by atoms with Crippen LogP contribution >= 0.6 is 0 Å². The number of hydrogen-bond acceptors (Lipinski definition) is 11. The lowest BCUT2D eigenvalue weighted by Crippen LogP contribution is -2.69. The standard InChI is InChI=1S/C28H40N4O7/c1-11-7-14-8-17-28(37)32-16(21(31(17)4)19(14)23(34)25(11)38-5)9-15-20(18(32)10-30-27(36)13(3)29)24(35)26(39-6)12(2)22(15)33/h7,13,16-18,21,27-28,30,33-37H,8-10,29H2,1-6H3/t13-,16?,17-,18-,21-,27?,28-/m0/s1. The Bertz CT molecular complexity index is 1290. The van der Waals surface area contributed by atoms with Crippen molar-refractivity contribution in [2.75, 3.05) is 27.8 Å². The van der Waals surface area contributed by atoms with Crippen LogP contribution in [0.4, 0.5) is 0 Å². The van der Waals surface area contributed by atoms with Crippen LogP contribution in [0.1, 0.15) is 52.4 Å². The molecule has 1 fully saturated rings. The normalized spacial score (nSPS) is 27.8. The van der Waals surface area contributed by atoms with Crippen molar-refractivity contribution in [3.8, 4) is 28.7 Å². The number of phenolic OH excluding ortho intramolecular Hbond substituents is 3. The van der Waals surface area contributed by atoms with Crippen LogP contribution in [-0.2, 0) is 12.8 Å². The highest BCUT2D eigenvalue weighted by atomic mass is 16.5. The molecule has 0 spiro atoms. The van der Waals surface area contributed by atoms with Crippen molar-refractivity contribution in [3.63, 3.8) is 0 Å². The van der Waals surface area contributed by atoms with Crippen molar-refractivity contribution >= 4 is 0 Å². The molecular formula is C28H40N4O7. The zero-order valence-electron chi connectivity index (χ0n) is 23.3. The number of aromatic hydroxyl groups is 3. The van der Waals surface area contributed by atoms with E-state index in [9.17, 15) is 25.5 Å². The summed E-state index contributed by atoms with van der Waals surface area (Å²) in [6, 6.07) is -0.266. The van der Waals surface area contributed by atoms with Gasteiger partial charge in [-0.1, -0.05) is 6.07 Å². The molecular weight excluding hydrogens is 504 g/mol. The van der Waals surface area contributed by atoms with Crippen molar-refractivity contribution < 1.29 is 35.0 Å². The lowest BCUT2D eigenvalue weighted by atomic mass is 9.73. The largest absolute Gasteiger partial charge is 0.507 e. The van der Waals surface area contributed by atoms with Gasteiger partial charge in [0, 0.05) is 40.9 Å². The highest BCUT2D eigenvalue weighted by Gasteiger charge is 2.55. The van der Waals surface area contributed by atoms with E-state index in [1.807, 2.05) is 24.9 Å². The number of phenols is 3. The number of aliphatic hydroxyl groups excluding tert-OH is 2. The van der Waals surface area contributed by atoms with E-state index >= 15 is 0 Å². The van der Waals surface area contributed by atoms with Gasteiger partial charge in [0.25, 0.3) is 0 Å². The van der Waals surface area contributed by atoms with Crippen molar-refractivity contribution in [3.05, 3.63) is 39.4 Å². The predicted octanol–water partition coefficient (Wildman–Crippen LogP) is 0.890. The number of likely N-dealkylation sites (N-methyl/N-ethyl adjacent to an activating group) is 1. The van der Waals surface area contributed by atoms with Gasteiger partial charge in [-0.25, -0.2) is 0 Å². The Morgan fingerprint density at radius 3 is 2.28 bits per heavy atom. The number of rotatable bonds is 6. The van der Waals surface area contributed by atoms with E-state index in [-0.39, 0.29) is 41.6 Å². The molecule has 2 aromatic carbocycles. The number of hydrogen-bond donors (Lipinski definition) is 7. The zero-order chi connectivity index (χ0) is 28.5. The zero-order valence-corrected chi connectivity index (χ0v) is 23.3. The summed E-state index contributed by atoms with van der Waals surface area (Å²) in [5.74, 6) is 0.548. The molecule has 0 saturated carbocycles. The minimum atomic E-state index is -1.03. The van der Waals surface area contributed by atoms with Gasteiger partial charge in [0.15, 0.2) is 23.0 Å². The molecule has 0 amide bonds. The topological polar surface area (TPSA) is 164 Å². The third kappa shape index (κ3) is 4.02. The summed E-state index contributed by atoms with van der Waals surface area (Å²) in [6.07, 6.45) is -1.19. The van der Waals surface area contributed by atoms with Gasteiger partial charge in [0.1, 0.15) is 18.2 Å². The Balaban J connectivity index is 1.72.